The molecule has 3 nitrogen and oxygen atoms in total. The number of rotatable bonds is 3. The molecular weight excluding hydrogens is 188 g/mol. The van der Waals surface area contributed by atoms with Gasteiger partial charge < -0.3 is 10.1 Å². The Hall–Kier alpha value is -1.61. The maximum absolute atomic E-state index is 11.9. The van der Waals surface area contributed by atoms with Gasteiger partial charge in [0.2, 0.25) is 0 Å². The van der Waals surface area contributed by atoms with E-state index in [1.54, 1.807) is 0 Å². The van der Waals surface area contributed by atoms with Gasteiger partial charge in [-0.15, -0.1) is 0 Å². The SMILES string of the molecule is CCC(N)C(=O)c1cccn2cccc12. The van der Waals surface area contributed by atoms with Crippen molar-refractivity contribution < 1.29 is 4.79 Å². The Morgan fingerprint density at radius 3 is 2.73 bits per heavy atom. The first-order valence-corrected chi connectivity index (χ1v) is 5.09. The van der Waals surface area contributed by atoms with Gasteiger partial charge in [-0.1, -0.05) is 6.92 Å². The van der Waals surface area contributed by atoms with Crippen LogP contribution in [0.1, 0.15) is 23.7 Å². The predicted molar refractivity (Wildman–Crippen MR) is 60.0 cm³/mol. The van der Waals surface area contributed by atoms with Gasteiger partial charge in [-0.2, -0.15) is 0 Å². The average molecular weight is 202 g/mol. The molecule has 0 radical (unpaired) electrons. The van der Waals surface area contributed by atoms with Crippen molar-refractivity contribution in [2.75, 3.05) is 0 Å². The Bertz CT molecular complexity index is 487. The Labute approximate surface area is 88.5 Å². The standard InChI is InChI=1S/C12H14N2O/c1-2-10(13)12(15)9-5-3-7-14-8-4-6-11(9)14/h3-8,10H,2,13H2,1H3. The third-order valence-electron chi connectivity index (χ3n) is 2.61. The number of nitrogens with zero attached hydrogens (tertiary/aromatic N) is 1. The van der Waals surface area contributed by atoms with E-state index < -0.39 is 6.04 Å². The van der Waals surface area contributed by atoms with Crippen LogP contribution in [0.3, 0.4) is 0 Å². The molecule has 2 aromatic rings. The van der Waals surface area contributed by atoms with Crippen molar-refractivity contribution in [1.29, 1.82) is 0 Å². The van der Waals surface area contributed by atoms with E-state index in [1.807, 2.05) is 48.0 Å². The van der Waals surface area contributed by atoms with Gasteiger partial charge in [0.25, 0.3) is 0 Å². The van der Waals surface area contributed by atoms with Gasteiger partial charge in [-0.05, 0) is 30.7 Å². The summed E-state index contributed by atoms with van der Waals surface area (Å²) in [6.45, 7) is 1.92. The molecular formula is C12H14N2O. The Morgan fingerprint density at radius 2 is 2.07 bits per heavy atom. The molecule has 2 rings (SSSR count). The lowest BCUT2D eigenvalue weighted by atomic mass is 10.0. The first kappa shape index (κ1) is 9.93. The van der Waals surface area contributed by atoms with Crippen LogP contribution in [0.5, 0.6) is 0 Å². The predicted octanol–water partition coefficient (Wildman–Crippen LogP) is 1.86. The first-order chi connectivity index (χ1) is 7.24. The molecule has 78 valence electrons. The van der Waals surface area contributed by atoms with Crippen molar-refractivity contribution in [3.05, 3.63) is 42.2 Å². The topological polar surface area (TPSA) is 47.5 Å². The number of hydrogen-bond acceptors (Lipinski definition) is 2. The summed E-state index contributed by atoms with van der Waals surface area (Å²) in [5.74, 6) is 0.0156. The number of Topliss-reactive ketones (excluding diaryl/α,β-unsaturated/α-hetero) is 1. The molecule has 0 aromatic carbocycles. The van der Waals surface area contributed by atoms with Crippen molar-refractivity contribution in [2.24, 2.45) is 5.73 Å². The molecule has 0 saturated heterocycles. The third kappa shape index (κ3) is 1.66. The van der Waals surface area contributed by atoms with Gasteiger partial charge in [0.1, 0.15) is 0 Å². The maximum atomic E-state index is 11.9. The number of pyridine rings is 1. The van der Waals surface area contributed by atoms with E-state index in [4.69, 9.17) is 5.73 Å². The van der Waals surface area contributed by atoms with Crippen LogP contribution in [0.15, 0.2) is 36.7 Å². The smallest absolute Gasteiger partial charge is 0.181 e. The quantitative estimate of drug-likeness (QED) is 0.772. The van der Waals surface area contributed by atoms with Crippen LogP contribution >= 0.6 is 0 Å². The maximum Gasteiger partial charge on any atom is 0.181 e. The highest BCUT2D eigenvalue weighted by Crippen LogP contribution is 2.13. The molecule has 2 N–H and O–H groups in total. The van der Waals surface area contributed by atoms with Crippen LogP contribution in [0.2, 0.25) is 0 Å². The lowest BCUT2D eigenvalue weighted by Crippen LogP contribution is -2.29. The Kier molecular flexibility index (Phi) is 2.56. The fourth-order valence-electron chi connectivity index (χ4n) is 1.66. The molecule has 15 heavy (non-hydrogen) atoms. The molecule has 3 heteroatoms. The zero-order chi connectivity index (χ0) is 10.8. The summed E-state index contributed by atoms with van der Waals surface area (Å²) < 4.78 is 1.93. The molecule has 2 heterocycles. The zero-order valence-corrected chi connectivity index (χ0v) is 8.68. The second kappa shape index (κ2) is 3.87. The van der Waals surface area contributed by atoms with Crippen molar-refractivity contribution >= 4 is 11.3 Å². The minimum Gasteiger partial charge on any atom is -0.323 e. The monoisotopic (exact) mass is 202 g/mol. The number of aromatic nitrogens is 1. The minimum atomic E-state index is -0.397. The number of carbonyl (C=O) groups excluding carboxylic acids is 1. The molecule has 0 bridgehead atoms. The Balaban J connectivity index is 2.51. The van der Waals surface area contributed by atoms with E-state index in [9.17, 15) is 4.79 Å². The highest BCUT2D eigenvalue weighted by Gasteiger charge is 2.15. The van der Waals surface area contributed by atoms with Crippen molar-refractivity contribution in [2.45, 2.75) is 19.4 Å². The van der Waals surface area contributed by atoms with Crippen molar-refractivity contribution in [3.8, 4) is 0 Å². The van der Waals surface area contributed by atoms with E-state index >= 15 is 0 Å². The molecule has 0 aliphatic rings. The molecule has 0 fully saturated rings. The van der Waals surface area contributed by atoms with Crippen molar-refractivity contribution in [3.63, 3.8) is 0 Å². The van der Waals surface area contributed by atoms with Crippen LogP contribution in [0.25, 0.3) is 5.52 Å². The molecule has 0 amide bonds. The lowest BCUT2D eigenvalue weighted by molar-refractivity contribution is 0.0960. The van der Waals surface area contributed by atoms with Gasteiger partial charge in [0.05, 0.1) is 11.6 Å². The number of ketones is 1. The number of nitrogens with two attached hydrogens (primary N) is 1. The van der Waals surface area contributed by atoms with E-state index in [1.165, 1.54) is 0 Å². The number of fused-ring (bicyclic) bond motifs is 1. The summed E-state index contributed by atoms with van der Waals surface area (Å²) in [7, 11) is 0. The summed E-state index contributed by atoms with van der Waals surface area (Å²) >= 11 is 0. The van der Waals surface area contributed by atoms with Gasteiger partial charge in [0.15, 0.2) is 5.78 Å². The van der Waals surface area contributed by atoms with E-state index in [-0.39, 0.29) is 5.78 Å². The fraction of sp³-hybridized carbons (Fsp3) is 0.250. The van der Waals surface area contributed by atoms with Gasteiger partial charge >= 0.3 is 0 Å². The van der Waals surface area contributed by atoms with Crippen LogP contribution < -0.4 is 5.73 Å². The van der Waals surface area contributed by atoms with Crippen LogP contribution in [-0.2, 0) is 0 Å². The summed E-state index contributed by atoms with van der Waals surface area (Å²) in [5, 5.41) is 0. The van der Waals surface area contributed by atoms with Crippen molar-refractivity contribution in [1.82, 2.24) is 4.40 Å². The largest absolute Gasteiger partial charge is 0.323 e. The van der Waals surface area contributed by atoms with E-state index in [0.29, 0.717) is 12.0 Å². The Morgan fingerprint density at radius 1 is 1.40 bits per heavy atom. The molecule has 0 aliphatic heterocycles. The second-order valence-corrected chi connectivity index (χ2v) is 3.60. The minimum absolute atomic E-state index is 0.0156. The highest BCUT2D eigenvalue weighted by molar-refractivity contribution is 6.05. The van der Waals surface area contributed by atoms with E-state index in [0.717, 1.165) is 5.52 Å². The fourth-order valence-corrected chi connectivity index (χ4v) is 1.66. The van der Waals surface area contributed by atoms with Crippen LogP contribution in [0, 0.1) is 0 Å². The zero-order valence-electron chi connectivity index (χ0n) is 8.68. The van der Waals surface area contributed by atoms with Gasteiger partial charge in [0, 0.05) is 18.0 Å². The molecule has 0 aliphatic carbocycles. The lowest BCUT2D eigenvalue weighted by Gasteiger charge is -2.08. The summed E-state index contributed by atoms with van der Waals surface area (Å²) in [4.78, 5) is 11.9. The van der Waals surface area contributed by atoms with Gasteiger partial charge in [-0.25, -0.2) is 0 Å². The average Bonchev–Trinajstić information content (AvgIpc) is 2.74. The molecule has 1 atom stereocenters. The third-order valence-corrected chi connectivity index (χ3v) is 2.61. The summed E-state index contributed by atoms with van der Waals surface area (Å²) in [6, 6.07) is 7.14. The molecule has 2 aromatic heterocycles. The molecule has 1 unspecified atom stereocenters. The van der Waals surface area contributed by atoms with E-state index in [2.05, 4.69) is 0 Å². The van der Waals surface area contributed by atoms with Crippen LogP contribution in [0.4, 0.5) is 0 Å². The number of hydrogen-bond donors (Lipinski definition) is 1. The second-order valence-electron chi connectivity index (χ2n) is 3.60. The molecule has 0 saturated carbocycles. The van der Waals surface area contributed by atoms with Crippen LogP contribution in [-0.4, -0.2) is 16.2 Å². The highest BCUT2D eigenvalue weighted by atomic mass is 16.1. The summed E-state index contributed by atoms with van der Waals surface area (Å²) in [5.41, 5.74) is 7.38. The molecule has 0 spiro atoms. The van der Waals surface area contributed by atoms with Gasteiger partial charge in [-0.3, -0.25) is 4.79 Å². The number of carbonyl (C=O) groups is 1. The normalized spacial score (nSPS) is 12.9. The first-order valence-electron chi connectivity index (χ1n) is 5.09. The summed E-state index contributed by atoms with van der Waals surface area (Å²) in [6.07, 6.45) is 4.51.